The van der Waals surface area contributed by atoms with Gasteiger partial charge in [0.2, 0.25) is 0 Å². The summed E-state index contributed by atoms with van der Waals surface area (Å²) in [5.41, 5.74) is 0.463. The molecule has 0 atom stereocenters. The summed E-state index contributed by atoms with van der Waals surface area (Å²) in [4.78, 5) is 24.2. The van der Waals surface area contributed by atoms with Crippen molar-refractivity contribution in [3.05, 3.63) is 49.0 Å². The van der Waals surface area contributed by atoms with Gasteiger partial charge in [0.25, 0.3) is 11.5 Å². The van der Waals surface area contributed by atoms with Crippen LogP contribution in [0, 0.1) is 5.92 Å². The highest BCUT2D eigenvalue weighted by Crippen LogP contribution is 2.31. The second-order valence-corrected chi connectivity index (χ2v) is 7.05. The predicted octanol–water partition coefficient (Wildman–Crippen LogP) is 4.12. The maximum Gasteiger partial charge on any atom is 0.265 e. The standard InChI is InChI=1S/C14H14Cl2N2O2S/c1-8(2)6-18-7-9(3-4-12(18)19)17-14(20)11-5-10(15)13(16)21-11/h3-5,7-8H,6H2,1-2H3,(H,17,20). The van der Waals surface area contributed by atoms with E-state index in [1.807, 2.05) is 13.8 Å². The molecule has 2 heterocycles. The molecule has 1 N–H and O–H groups in total. The molecule has 0 aliphatic rings. The molecule has 21 heavy (non-hydrogen) atoms. The number of hydrogen-bond acceptors (Lipinski definition) is 3. The molecule has 0 unspecified atom stereocenters. The van der Waals surface area contributed by atoms with Crippen molar-refractivity contribution in [1.29, 1.82) is 0 Å². The molecule has 7 heteroatoms. The molecule has 112 valence electrons. The van der Waals surface area contributed by atoms with Crippen molar-refractivity contribution in [1.82, 2.24) is 4.57 Å². The summed E-state index contributed by atoms with van der Waals surface area (Å²) in [7, 11) is 0. The molecule has 2 rings (SSSR count). The van der Waals surface area contributed by atoms with Gasteiger partial charge in [-0.1, -0.05) is 37.0 Å². The second-order valence-electron chi connectivity index (χ2n) is 4.99. The Labute approximate surface area is 136 Å². The fourth-order valence-corrected chi connectivity index (χ4v) is 3.06. The van der Waals surface area contributed by atoms with Gasteiger partial charge in [-0.15, -0.1) is 11.3 Å². The van der Waals surface area contributed by atoms with Crippen LogP contribution >= 0.6 is 34.5 Å². The lowest BCUT2D eigenvalue weighted by Gasteiger charge is -2.10. The summed E-state index contributed by atoms with van der Waals surface area (Å²) in [5, 5.41) is 3.09. The third kappa shape index (κ3) is 4.09. The number of thiophene rings is 1. The summed E-state index contributed by atoms with van der Waals surface area (Å²) in [6.07, 6.45) is 1.64. The molecule has 0 bridgehead atoms. The predicted molar refractivity (Wildman–Crippen MR) is 87.8 cm³/mol. The number of nitrogens with zero attached hydrogens (tertiary/aromatic N) is 1. The third-order valence-electron chi connectivity index (χ3n) is 2.67. The number of halogens is 2. The topological polar surface area (TPSA) is 51.1 Å². The van der Waals surface area contributed by atoms with E-state index in [0.717, 1.165) is 11.3 Å². The molecule has 0 spiro atoms. The van der Waals surface area contributed by atoms with Gasteiger partial charge in [0.1, 0.15) is 4.34 Å². The molecule has 0 saturated heterocycles. The zero-order valence-corrected chi connectivity index (χ0v) is 13.9. The van der Waals surface area contributed by atoms with Gasteiger partial charge in [-0.3, -0.25) is 9.59 Å². The van der Waals surface area contributed by atoms with Crippen molar-refractivity contribution in [2.45, 2.75) is 20.4 Å². The number of carbonyl (C=O) groups is 1. The summed E-state index contributed by atoms with van der Waals surface area (Å²) in [6, 6.07) is 4.54. The monoisotopic (exact) mass is 344 g/mol. The number of pyridine rings is 1. The van der Waals surface area contributed by atoms with E-state index in [1.165, 1.54) is 12.1 Å². The number of amides is 1. The minimum absolute atomic E-state index is 0.0936. The fourth-order valence-electron chi connectivity index (χ4n) is 1.79. The Morgan fingerprint density at radius 2 is 2.10 bits per heavy atom. The van der Waals surface area contributed by atoms with Crippen LogP contribution in [0.3, 0.4) is 0 Å². The van der Waals surface area contributed by atoms with Crippen LogP contribution in [0.1, 0.15) is 23.5 Å². The van der Waals surface area contributed by atoms with Gasteiger partial charge < -0.3 is 9.88 Å². The minimum atomic E-state index is -0.302. The molecule has 4 nitrogen and oxygen atoms in total. The molecular weight excluding hydrogens is 331 g/mol. The Kier molecular flexibility index (Phi) is 5.08. The Balaban J connectivity index is 2.19. The first-order chi connectivity index (χ1) is 9.86. The lowest BCUT2D eigenvalue weighted by Crippen LogP contribution is -2.22. The van der Waals surface area contributed by atoms with Crippen LogP contribution in [0.4, 0.5) is 5.69 Å². The van der Waals surface area contributed by atoms with Crippen LogP contribution in [0.15, 0.2) is 29.2 Å². The summed E-state index contributed by atoms with van der Waals surface area (Å²) in [6.45, 7) is 4.64. The summed E-state index contributed by atoms with van der Waals surface area (Å²) >= 11 is 12.8. The van der Waals surface area contributed by atoms with E-state index < -0.39 is 0 Å². The first-order valence-electron chi connectivity index (χ1n) is 6.33. The van der Waals surface area contributed by atoms with E-state index in [2.05, 4.69) is 5.32 Å². The largest absolute Gasteiger partial charge is 0.320 e. The molecule has 1 amide bonds. The van der Waals surface area contributed by atoms with E-state index in [1.54, 1.807) is 16.8 Å². The number of nitrogens with one attached hydrogen (secondary N) is 1. The third-order valence-corrected chi connectivity index (χ3v) is 4.54. The van der Waals surface area contributed by atoms with Crippen LogP contribution < -0.4 is 10.9 Å². The molecule has 0 saturated carbocycles. The SMILES string of the molecule is CC(C)Cn1cc(NC(=O)c2cc(Cl)c(Cl)s2)ccc1=O. The molecule has 2 aromatic rings. The lowest BCUT2D eigenvalue weighted by atomic mass is 10.2. The van der Waals surface area contributed by atoms with E-state index >= 15 is 0 Å². The van der Waals surface area contributed by atoms with Gasteiger partial charge in [-0.05, 0) is 18.1 Å². The van der Waals surface area contributed by atoms with Gasteiger partial charge in [-0.2, -0.15) is 0 Å². The molecule has 0 radical (unpaired) electrons. The van der Waals surface area contributed by atoms with Crippen molar-refractivity contribution in [3.8, 4) is 0 Å². The Hall–Kier alpha value is -1.30. The number of carbonyl (C=O) groups excluding carboxylic acids is 1. The van der Waals surface area contributed by atoms with E-state index in [4.69, 9.17) is 23.2 Å². The fraction of sp³-hybridized carbons (Fsp3) is 0.286. The van der Waals surface area contributed by atoms with Gasteiger partial charge in [-0.25, -0.2) is 0 Å². The van der Waals surface area contributed by atoms with Gasteiger partial charge in [0.05, 0.1) is 15.6 Å². The zero-order valence-electron chi connectivity index (χ0n) is 11.5. The first-order valence-corrected chi connectivity index (χ1v) is 7.90. The summed E-state index contributed by atoms with van der Waals surface area (Å²) in [5.74, 6) is 0.0344. The van der Waals surface area contributed by atoms with Crippen molar-refractivity contribution in [2.75, 3.05) is 5.32 Å². The molecule has 0 aromatic carbocycles. The van der Waals surface area contributed by atoms with Gasteiger partial charge in [0, 0.05) is 18.8 Å². The van der Waals surface area contributed by atoms with Gasteiger partial charge in [0.15, 0.2) is 0 Å². The van der Waals surface area contributed by atoms with Crippen molar-refractivity contribution < 1.29 is 4.79 Å². The molecule has 0 aliphatic heterocycles. The quantitative estimate of drug-likeness (QED) is 0.906. The number of aromatic nitrogens is 1. The smallest absolute Gasteiger partial charge is 0.265 e. The normalized spacial score (nSPS) is 10.9. The Bertz CT molecular complexity index is 703. The average Bonchev–Trinajstić information content (AvgIpc) is 2.73. The number of hydrogen-bond donors (Lipinski definition) is 1. The number of anilines is 1. The highest BCUT2D eigenvalue weighted by atomic mass is 35.5. The average molecular weight is 345 g/mol. The Morgan fingerprint density at radius 1 is 1.38 bits per heavy atom. The Morgan fingerprint density at radius 3 is 2.67 bits per heavy atom. The maximum absolute atomic E-state index is 12.1. The van der Waals surface area contributed by atoms with Crippen LogP contribution in [-0.2, 0) is 6.54 Å². The lowest BCUT2D eigenvalue weighted by molar-refractivity contribution is 0.103. The van der Waals surface area contributed by atoms with E-state index in [0.29, 0.717) is 32.4 Å². The van der Waals surface area contributed by atoms with Crippen molar-refractivity contribution in [3.63, 3.8) is 0 Å². The van der Waals surface area contributed by atoms with Crippen LogP contribution in [-0.4, -0.2) is 10.5 Å². The molecule has 0 aliphatic carbocycles. The van der Waals surface area contributed by atoms with Gasteiger partial charge >= 0.3 is 0 Å². The van der Waals surface area contributed by atoms with Crippen LogP contribution in [0.25, 0.3) is 0 Å². The zero-order chi connectivity index (χ0) is 15.6. The molecule has 0 fully saturated rings. The minimum Gasteiger partial charge on any atom is -0.320 e. The first kappa shape index (κ1) is 16.1. The van der Waals surface area contributed by atoms with Crippen LogP contribution in [0.5, 0.6) is 0 Å². The van der Waals surface area contributed by atoms with E-state index in [9.17, 15) is 9.59 Å². The highest BCUT2D eigenvalue weighted by Gasteiger charge is 2.13. The second kappa shape index (κ2) is 6.64. The van der Waals surface area contributed by atoms with Crippen LogP contribution in [0.2, 0.25) is 9.36 Å². The molecule has 2 aromatic heterocycles. The van der Waals surface area contributed by atoms with Crippen molar-refractivity contribution in [2.24, 2.45) is 5.92 Å². The molecular formula is C14H14Cl2N2O2S. The highest BCUT2D eigenvalue weighted by molar-refractivity contribution is 7.18. The summed E-state index contributed by atoms with van der Waals surface area (Å²) < 4.78 is 1.96. The number of rotatable bonds is 4. The van der Waals surface area contributed by atoms with E-state index in [-0.39, 0.29) is 11.5 Å². The maximum atomic E-state index is 12.1. The van der Waals surface area contributed by atoms with Crippen molar-refractivity contribution >= 4 is 46.1 Å².